The highest BCUT2D eigenvalue weighted by molar-refractivity contribution is 7.99. The van der Waals surface area contributed by atoms with Gasteiger partial charge in [0.1, 0.15) is 11.5 Å². The minimum absolute atomic E-state index is 0.0934. The van der Waals surface area contributed by atoms with Gasteiger partial charge in [0.25, 0.3) is 0 Å². The number of nitrogens with one attached hydrogen (secondary N) is 1. The molecule has 0 bridgehead atoms. The molecule has 1 unspecified atom stereocenters. The van der Waals surface area contributed by atoms with Crippen LogP contribution in [0.2, 0.25) is 5.02 Å². The Morgan fingerprint density at radius 3 is 2.82 bits per heavy atom. The van der Waals surface area contributed by atoms with Gasteiger partial charge in [0.15, 0.2) is 17.1 Å². The zero-order valence-electron chi connectivity index (χ0n) is 15.3. The summed E-state index contributed by atoms with van der Waals surface area (Å²) in [7, 11) is 1.82. The van der Waals surface area contributed by atoms with Crippen LogP contribution in [-0.4, -0.2) is 31.5 Å². The van der Waals surface area contributed by atoms with Crippen LogP contribution in [0.3, 0.4) is 0 Å². The number of aromatic nitrogens is 3. The second-order valence-corrected chi connectivity index (χ2v) is 7.33. The summed E-state index contributed by atoms with van der Waals surface area (Å²) in [5, 5.41) is 21.6. The fraction of sp³-hybridized carbons (Fsp3) is 0.211. The Bertz CT molecular complexity index is 979. The van der Waals surface area contributed by atoms with Gasteiger partial charge in [0.2, 0.25) is 5.91 Å². The Labute approximate surface area is 171 Å². The summed E-state index contributed by atoms with van der Waals surface area (Å²) >= 11 is 7.39. The maximum absolute atomic E-state index is 12.1. The first-order chi connectivity index (χ1) is 13.4. The number of benzene rings is 2. The van der Waals surface area contributed by atoms with Crippen molar-refractivity contribution in [2.75, 3.05) is 11.1 Å². The number of nitrogens with zero attached hydrogens (tertiary/aromatic N) is 3. The van der Waals surface area contributed by atoms with Crippen molar-refractivity contribution in [1.29, 1.82) is 0 Å². The molecule has 0 fully saturated rings. The SMILES string of the molecule is CC(Oc1ccccc1Cl)c1nnc(SCC(=O)Nc2cccc(O)c2)n1C. The van der Waals surface area contributed by atoms with Crippen LogP contribution in [0.5, 0.6) is 11.5 Å². The molecule has 0 saturated carbocycles. The number of para-hydroxylation sites is 1. The van der Waals surface area contributed by atoms with Gasteiger partial charge in [-0.05, 0) is 31.2 Å². The third-order valence-electron chi connectivity index (χ3n) is 3.83. The van der Waals surface area contributed by atoms with Crippen LogP contribution in [0.15, 0.2) is 53.7 Å². The average Bonchev–Trinajstić information content (AvgIpc) is 3.02. The number of aromatic hydroxyl groups is 1. The van der Waals surface area contributed by atoms with Crippen molar-refractivity contribution < 1.29 is 14.6 Å². The largest absolute Gasteiger partial charge is 0.508 e. The first-order valence-corrected chi connectivity index (χ1v) is 9.82. The van der Waals surface area contributed by atoms with Crippen LogP contribution in [0.4, 0.5) is 5.69 Å². The van der Waals surface area contributed by atoms with Crippen molar-refractivity contribution in [3.05, 3.63) is 59.4 Å². The fourth-order valence-corrected chi connectivity index (χ4v) is 3.40. The molecule has 0 aliphatic heterocycles. The van der Waals surface area contributed by atoms with Gasteiger partial charge in [-0.2, -0.15) is 0 Å². The molecular formula is C19H19ClN4O3S. The number of ether oxygens (including phenoxy) is 1. The van der Waals surface area contributed by atoms with E-state index in [1.54, 1.807) is 28.8 Å². The molecule has 0 radical (unpaired) electrons. The molecule has 2 aromatic carbocycles. The van der Waals surface area contributed by atoms with Crippen molar-refractivity contribution in [2.24, 2.45) is 7.05 Å². The van der Waals surface area contributed by atoms with Gasteiger partial charge >= 0.3 is 0 Å². The average molecular weight is 419 g/mol. The van der Waals surface area contributed by atoms with E-state index in [4.69, 9.17) is 16.3 Å². The van der Waals surface area contributed by atoms with Crippen LogP contribution in [0, 0.1) is 0 Å². The number of rotatable bonds is 7. The number of amides is 1. The van der Waals surface area contributed by atoms with E-state index in [0.717, 1.165) is 0 Å². The topological polar surface area (TPSA) is 89.3 Å². The van der Waals surface area contributed by atoms with E-state index in [2.05, 4.69) is 15.5 Å². The van der Waals surface area contributed by atoms with E-state index in [1.165, 1.54) is 23.9 Å². The lowest BCUT2D eigenvalue weighted by atomic mass is 10.3. The van der Waals surface area contributed by atoms with Gasteiger partial charge in [-0.25, -0.2) is 0 Å². The van der Waals surface area contributed by atoms with Gasteiger partial charge in [-0.15, -0.1) is 10.2 Å². The molecule has 0 saturated heterocycles. The molecule has 2 N–H and O–H groups in total. The van der Waals surface area contributed by atoms with E-state index >= 15 is 0 Å². The molecule has 1 amide bonds. The lowest BCUT2D eigenvalue weighted by Gasteiger charge is -2.15. The predicted octanol–water partition coefficient (Wildman–Crippen LogP) is 4.04. The second-order valence-electron chi connectivity index (χ2n) is 5.98. The Hall–Kier alpha value is -2.71. The molecule has 7 nitrogen and oxygen atoms in total. The summed E-state index contributed by atoms with van der Waals surface area (Å²) in [6, 6.07) is 13.6. The normalized spacial score (nSPS) is 11.8. The van der Waals surface area contributed by atoms with E-state index < -0.39 is 0 Å². The number of hydrogen-bond donors (Lipinski definition) is 2. The van der Waals surface area contributed by atoms with Gasteiger partial charge < -0.3 is 19.7 Å². The highest BCUT2D eigenvalue weighted by atomic mass is 35.5. The Morgan fingerprint density at radius 1 is 1.29 bits per heavy atom. The molecule has 28 heavy (non-hydrogen) atoms. The molecule has 0 aliphatic rings. The minimum atomic E-state index is -0.368. The van der Waals surface area contributed by atoms with E-state index in [0.29, 0.717) is 27.4 Å². The molecule has 3 aromatic rings. The molecule has 9 heteroatoms. The third-order valence-corrected chi connectivity index (χ3v) is 5.17. The maximum Gasteiger partial charge on any atom is 0.234 e. The molecule has 1 aromatic heterocycles. The first kappa shape index (κ1) is 20.0. The summed E-state index contributed by atoms with van der Waals surface area (Å²) in [6.45, 7) is 1.86. The third kappa shape index (κ3) is 4.96. The summed E-state index contributed by atoms with van der Waals surface area (Å²) in [4.78, 5) is 12.1. The van der Waals surface area contributed by atoms with Crippen LogP contribution >= 0.6 is 23.4 Å². The summed E-state index contributed by atoms with van der Waals surface area (Å²) in [5.41, 5.74) is 0.533. The quantitative estimate of drug-likeness (QED) is 0.563. The predicted molar refractivity (Wildman–Crippen MR) is 109 cm³/mol. The Balaban J connectivity index is 1.59. The zero-order valence-corrected chi connectivity index (χ0v) is 16.9. The number of anilines is 1. The lowest BCUT2D eigenvalue weighted by molar-refractivity contribution is -0.113. The van der Waals surface area contributed by atoms with Gasteiger partial charge in [0, 0.05) is 18.8 Å². The monoisotopic (exact) mass is 418 g/mol. The minimum Gasteiger partial charge on any atom is -0.508 e. The zero-order chi connectivity index (χ0) is 20.1. The number of phenolic OH excluding ortho intramolecular Hbond substituents is 1. The Morgan fingerprint density at radius 2 is 2.07 bits per heavy atom. The van der Waals surface area contributed by atoms with Crippen molar-refractivity contribution in [1.82, 2.24) is 14.8 Å². The van der Waals surface area contributed by atoms with E-state index in [-0.39, 0.29) is 23.5 Å². The number of thioether (sulfide) groups is 1. The molecule has 3 rings (SSSR count). The molecular weight excluding hydrogens is 400 g/mol. The fourth-order valence-electron chi connectivity index (χ4n) is 2.50. The second kappa shape index (κ2) is 8.99. The van der Waals surface area contributed by atoms with Gasteiger partial charge in [0.05, 0.1) is 10.8 Å². The number of carbonyl (C=O) groups is 1. The summed E-state index contributed by atoms with van der Waals surface area (Å²) < 4.78 is 7.66. The van der Waals surface area contributed by atoms with E-state index in [1.807, 2.05) is 26.1 Å². The number of carbonyl (C=O) groups excluding carboxylic acids is 1. The highest BCUT2D eigenvalue weighted by Gasteiger charge is 2.19. The first-order valence-electron chi connectivity index (χ1n) is 8.46. The number of hydrogen-bond acceptors (Lipinski definition) is 6. The van der Waals surface area contributed by atoms with Crippen LogP contribution in [0.1, 0.15) is 18.9 Å². The molecule has 1 heterocycles. The smallest absolute Gasteiger partial charge is 0.234 e. The maximum atomic E-state index is 12.1. The number of phenols is 1. The van der Waals surface area contributed by atoms with Gasteiger partial charge in [-0.3, -0.25) is 4.79 Å². The van der Waals surface area contributed by atoms with Gasteiger partial charge in [-0.1, -0.05) is 41.6 Å². The molecule has 0 spiro atoms. The lowest BCUT2D eigenvalue weighted by Crippen LogP contribution is -2.14. The van der Waals surface area contributed by atoms with Crippen molar-refractivity contribution >= 4 is 35.0 Å². The molecule has 146 valence electrons. The van der Waals surface area contributed by atoms with Crippen LogP contribution in [-0.2, 0) is 11.8 Å². The molecule has 1 atom stereocenters. The Kier molecular flexibility index (Phi) is 6.43. The van der Waals surface area contributed by atoms with Crippen molar-refractivity contribution in [2.45, 2.75) is 18.2 Å². The van der Waals surface area contributed by atoms with Crippen molar-refractivity contribution in [3.8, 4) is 11.5 Å². The summed E-state index contributed by atoms with van der Waals surface area (Å²) in [6.07, 6.45) is -0.368. The number of halogens is 1. The summed E-state index contributed by atoms with van der Waals surface area (Å²) in [5.74, 6) is 1.23. The van der Waals surface area contributed by atoms with Crippen molar-refractivity contribution in [3.63, 3.8) is 0 Å². The van der Waals surface area contributed by atoms with E-state index in [9.17, 15) is 9.90 Å². The molecule has 0 aliphatic carbocycles. The standard InChI is InChI=1S/C19H19ClN4O3S/c1-12(27-16-9-4-3-8-15(16)20)18-22-23-19(24(18)2)28-11-17(26)21-13-6-5-7-14(25)10-13/h3-10,12,25H,11H2,1-2H3,(H,21,26). The van der Waals surface area contributed by atoms with Crippen LogP contribution in [0.25, 0.3) is 0 Å². The highest BCUT2D eigenvalue weighted by Crippen LogP contribution is 2.29. The van der Waals surface area contributed by atoms with Crippen LogP contribution < -0.4 is 10.1 Å².